The van der Waals surface area contributed by atoms with Gasteiger partial charge in [-0.1, -0.05) is 39.0 Å². The van der Waals surface area contributed by atoms with Gasteiger partial charge in [0.25, 0.3) is 0 Å². The van der Waals surface area contributed by atoms with Crippen LogP contribution in [0, 0.1) is 40.9 Å². The van der Waals surface area contributed by atoms with E-state index in [2.05, 4.69) is 5.32 Å². The summed E-state index contributed by atoms with van der Waals surface area (Å²) in [5, 5.41) is 46.0. The number of fused-ring (bicyclic) bond motifs is 4. The highest BCUT2D eigenvalue weighted by molar-refractivity contribution is 7.85. The average molecular weight is 566 g/mol. The van der Waals surface area contributed by atoms with Crippen LogP contribution in [0.15, 0.2) is 23.8 Å². The molecule has 12 atom stereocenters. The van der Waals surface area contributed by atoms with E-state index in [9.17, 15) is 43.8 Å². The van der Waals surface area contributed by atoms with Crippen LogP contribution in [0.4, 0.5) is 0 Å². The Hall–Kier alpha value is -2.21. The largest absolute Gasteiger partial charge is 0.480 e. The molecule has 4 aliphatic rings. The van der Waals surface area contributed by atoms with Crippen molar-refractivity contribution >= 4 is 34.2 Å². The maximum atomic E-state index is 14.3. The van der Waals surface area contributed by atoms with Crippen LogP contribution in [0.3, 0.4) is 0 Å². The number of Topliss-reactive ketones (excluding diaryl/α,β-unsaturated/α-hetero) is 2. The molecule has 4 rings (SSSR count). The summed E-state index contributed by atoms with van der Waals surface area (Å²) in [5.74, 6) is -8.13. The molecule has 0 saturated heterocycles. The number of carboxylic acids is 1. The summed E-state index contributed by atoms with van der Waals surface area (Å²) in [6.45, 7) is 7.91. The van der Waals surface area contributed by atoms with Gasteiger partial charge in [0, 0.05) is 40.9 Å². The zero-order chi connectivity index (χ0) is 29.2. The van der Waals surface area contributed by atoms with Crippen molar-refractivity contribution in [2.45, 2.75) is 70.8 Å². The minimum atomic E-state index is -2.25. The lowest BCUT2D eigenvalue weighted by atomic mass is 9.43. The Labute approximate surface area is 230 Å². The number of aliphatic carboxylic acids is 1. The lowest BCUT2D eigenvalue weighted by molar-refractivity contribution is -0.171. The predicted molar refractivity (Wildman–Crippen MR) is 142 cm³/mol. The summed E-state index contributed by atoms with van der Waals surface area (Å²) < 4.78 is 13.0. The Kier molecular flexibility index (Phi) is 7.64. The minimum Gasteiger partial charge on any atom is -0.480 e. The van der Waals surface area contributed by atoms with Crippen LogP contribution in [0.2, 0.25) is 0 Å². The van der Waals surface area contributed by atoms with Crippen molar-refractivity contribution in [3.63, 3.8) is 0 Å². The number of aliphatic hydroxyl groups is 3. The predicted octanol–water partition coefficient (Wildman–Crippen LogP) is 0.366. The first kappa shape index (κ1) is 29.8. The number of hydrogen-bond acceptors (Lipinski definition) is 8. The standard InChI is InChI=1S/C28H39NO9S/c1-13-6-8-17-16(22(13)31)7-9-20-26(17,4)23(32)21-18(27(20,5)36)10-14(2)28(37,24(21)33)12-39(38)11-19(25(34)35)29-15(3)30/h7,9-10,13-14,16-17,19-22,31,36-37H,6,8,11-12H2,1-5H3,(H,29,30)(H,34,35)/t13-,14-,16-,17+,19-,20+,21+,22+,26+,27+,28+,39-/m0/s1. The second kappa shape index (κ2) is 10.0. The zero-order valence-corrected chi connectivity index (χ0v) is 23.7. The van der Waals surface area contributed by atoms with Crippen LogP contribution in [-0.2, 0) is 30.0 Å². The van der Waals surface area contributed by atoms with Gasteiger partial charge in [0.2, 0.25) is 5.91 Å². The third kappa shape index (κ3) is 4.55. The number of carboxylic acid groups (broad SMARTS) is 1. The quantitative estimate of drug-likeness (QED) is 0.225. The smallest absolute Gasteiger partial charge is 0.327 e. The van der Waals surface area contributed by atoms with Crippen molar-refractivity contribution < 1.29 is 43.8 Å². The van der Waals surface area contributed by atoms with Gasteiger partial charge in [0.05, 0.1) is 23.2 Å². The van der Waals surface area contributed by atoms with Crippen molar-refractivity contribution in [1.29, 1.82) is 0 Å². The van der Waals surface area contributed by atoms with E-state index in [1.807, 2.05) is 13.0 Å². The topological polar surface area (TPSA) is 178 Å². The van der Waals surface area contributed by atoms with Gasteiger partial charge in [0.15, 0.2) is 11.6 Å². The Balaban J connectivity index is 1.71. The number of hydrogen-bond donors (Lipinski definition) is 5. The fraction of sp³-hybridized carbons (Fsp3) is 0.714. The van der Waals surface area contributed by atoms with E-state index < -0.39 is 92.3 Å². The SMILES string of the molecule is CC(=O)N[C@@H](C[S@](=O)C[C@]1(O)C(=O)[C@H]2C(=O)[C@]3(C)[C@@H]4CC[C@H](C)[C@@H](O)[C@H]4C=C[C@H]3[C@](C)(O)C2=C[C@@H]1C)C(=O)O. The van der Waals surface area contributed by atoms with E-state index in [4.69, 9.17) is 0 Å². The third-order valence-electron chi connectivity index (χ3n) is 9.89. The van der Waals surface area contributed by atoms with Crippen molar-refractivity contribution in [3.8, 4) is 0 Å². The van der Waals surface area contributed by atoms with Crippen LogP contribution in [-0.4, -0.2) is 82.9 Å². The van der Waals surface area contributed by atoms with E-state index in [0.29, 0.717) is 12.8 Å². The van der Waals surface area contributed by atoms with Gasteiger partial charge >= 0.3 is 5.97 Å². The van der Waals surface area contributed by atoms with Crippen LogP contribution in [0.5, 0.6) is 0 Å². The molecule has 0 aromatic carbocycles. The second-order valence-corrected chi connectivity index (χ2v) is 13.9. The molecule has 5 N–H and O–H groups in total. The summed E-state index contributed by atoms with van der Waals surface area (Å²) in [6.07, 6.45) is 5.85. The van der Waals surface area contributed by atoms with E-state index >= 15 is 0 Å². The van der Waals surface area contributed by atoms with Crippen molar-refractivity contribution in [1.82, 2.24) is 5.32 Å². The van der Waals surface area contributed by atoms with E-state index in [-0.39, 0.29) is 23.3 Å². The Morgan fingerprint density at radius 1 is 1.13 bits per heavy atom. The first-order chi connectivity index (χ1) is 18.0. The molecule has 4 aliphatic carbocycles. The first-order valence-corrected chi connectivity index (χ1v) is 14.9. The normalized spacial score (nSPS) is 44.8. The van der Waals surface area contributed by atoms with Crippen LogP contribution in [0.1, 0.15) is 47.5 Å². The van der Waals surface area contributed by atoms with Gasteiger partial charge in [-0.15, -0.1) is 0 Å². The van der Waals surface area contributed by atoms with Crippen LogP contribution >= 0.6 is 0 Å². The highest BCUT2D eigenvalue weighted by Gasteiger charge is 2.68. The van der Waals surface area contributed by atoms with Crippen molar-refractivity contribution in [2.75, 3.05) is 11.5 Å². The highest BCUT2D eigenvalue weighted by Crippen LogP contribution is 2.62. The Morgan fingerprint density at radius 3 is 2.36 bits per heavy atom. The molecule has 216 valence electrons. The maximum absolute atomic E-state index is 14.3. The van der Waals surface area contributed by atoms with Gasteiger partial charge in [0.1, 0.15) is 17.6 Å². The fourth-order valence-corrected chi connectivity index (χ4v) is 9.20. The summed E-state index contributed by atoms with van der Waals surface area (Å²) in [7, 11) is -2.06. The van der Waals surface area contributed by atoms with Gasteiger partial charge in [-0.3, -0.25) is 18.6 Å². The van der Waals surface area contributed by atoms with Crippen molar-refractivity contribution in [2.24, 2.45) is 40.9 Å². The van der Waals surface area contributed by atoms with Crippen LogP contribution in [0.25, 0.3) is 0 Å². The Bertz CT molecular complexity index is 1180. The maximum Gasteiger partial charge on any atom is 0.327 e. The number of rotatable bonds is 6. The summed E-state index contributed by atoms with van der Waals surface area (Å²) in [5.41, 5.74) is -4.83. The molecule has 0 aliphatic heterocycles. The average Bonchev–Trinajstić information content (AvgIpc) is 2.83. The monoisotopic (exact) mass is 565 g/mol. The molecule has 39 heavy (non-hydrogen) atoms. The molecule has 0 aromatic heterocycles. The molecule has 0 unspecified atom stereocenters. The summed E-state index contributed by atoms with van der Waals surface area (Å²) >= 11 is 0. The van der Waals surface area contributed by atoms with E-state index in [1.165, 1.54) is 13.0 Å². The fourth-order valence-electron chi connectivity index (χ4n) is 7.59. The molecule has 0 spiro atoms. The van der Waals surface area contributed by atoms with Gasteiger partial charge in [-0.25, -0.2) is 4.79 Å². The number of aliphatic hydroxyl groups excluding tert-OH is 1. The molecule has 0 bridgehead atoms. The van der Waals surface area contributed by atoms with Gasteiger partial charge in [-0.05, 0) is 37.2 Å². The molecule has 2 saturated carbocycles. The lowest BCUT2D eigenvalue weighted by Crippen LogP contribution is -2.68. The molecule has 11 heteroatoms. The molecule has 0 heterocycles. The van der Waals surface area contributed by atoms with E-state index in [0.717, 1.165) is 6.92 Å². The molecular formula is C28H39NO9S. The molecule has 0 radical (unpaired) electrons. The Morgan fingerprint density at radius 2 is 1.77 bits per heavy atom. The number of amides is 1. The van der Waals surface area contributed by atoms with Crippen molar-refractivity contribution in [3.05, 3.63) is 23.8 Å². The molecule has 2 fully saturated rings. The number of nitrogens with one attached hydrogen (secondary N) is 1. The molecule has 10 nitrogen and oxygen atoms in total. The number of carbonyl (C=O) groups excluding carboxylic acids is 3. The molecular weight excluding hydrogens is 526 g/mol. The lowest BCUT2D eigenvalue weighted by Gasteiger charge is -2.60. The van der Waals surface area contributed by atoms with Gasteiger partial charge < -0.3 is 25.7 Å². The first-order valence-electron chi connectivity index (χ1n) is 13.4. The summed E-state index contributed by atoms with van der Waals surface area (Å²) in [4.78, 5) is 51.2. The van der Waals surface area contributed by atoms with Gasteiger partial charge in [-0.2, -0.15) is 0 Å². The minimum absolute atomic E-state index is 0.0371. The van der Waals surface area contributed by atoms with Crippen LogP contribution < -0.4 is 5.32 Å². The highest BCUT2D eigenvalue weighted by atomic mass is 32.2. The number of carbonyl (C=O) groups is 4. The zero-order valence-electron chi connectivity index (χ0n) is 22.9. The third-order valence-corrected chi connectivity index (χ3v) is 11.4. The van der Waals surface area contributed by atoms with E-state index in [1.54, 1.807) is 19.9 Å². The second-order valence-electron chi connectivity index (χ2n) is 12.4. The number of ketones is 2. The summed E-state index contributed by atoms with van der Waals surface area (Å²) in [6, 6.07) is -1.48. The molecule has 1 amide bonds. The molecule has 0 aromatic rings.